The standard InChI is InChI=1S/C20H19N5O3S/c1-12-6-7-17-16(9-12)20(18(28)24(17)11-15-5-4-8-21-10-15)25(14(3)27)23-19(29-20)22-13(2)26/h4-10H,11H2,1-3H3,(H,22,23,26)/t20-/m1/s1. The van der Waals surface area contributed by atoms with Gasteiger partial charge in [0, 0.05) is 31.8 Å². The van der Waals surface area contributed by atoms with Crippen molar-refractivity contribution >= 4 is 40.3 Å². The summed E-state index contributed by atoms with van der Waals surface area (Å²) >= 11 is 1.08. The maximum atomic E-state index is 13.8. The van der Waals surface area contributed by atoms with E-state index in [1.165, 1.54) is 18.9 Å². The van der Waals surface area contributed by atoms with Crippen LogP contribution < -0.4 is 10.2 Å². The number of thioether (sulfide) groups is 1. The van der Waals surface area contributed by atoms with Gasteiger partial charge in [0.2, 0.25) is 16.7 Å². The smallest absolute Gasteiger partial charge is 0.271 e. The van der Waals surface area contributed by atoms with Gasteiger partial charge in [0.1, 0.15) is 0 Å². The first-order valence-electron chi connectivity index (χ1n) is 9.01. The molecular formula is C20H19N5O3S. The molecule has 0 aliphatic carbocycles. The molecule has 0 saturated carbocycles. The fourth-order valence-electron chi connectivity index (χ4n) is 3.56. The number of anilines is 1. The van der Waals surface area contributed by atoms with E-state index in [9.17, 15) is 14.4 Å². The quantitative estimate of drug-likeness (QED) is 0.820. The van der Waals surface area contributed by atoms with Crippen molar-refractivity contribution in [2.75, 3.05) is 4.90 Å². The summed E-state index contributed by atoms with van der Waals surface area (Å²) in [6.07, 6.45) is 3.38. The van der Waals surface area contributed by atoms with Gasteiger partial charge in [0.15, 0.2) is 5.17 Å². The monoisotopic (exact) mass is 409 g/mol. The Morgan fingerprint density at radius 1 is 1.24 bits per heavy atom. The first-order chi connectivity index (χ1) is 13.8. The first kappa shape index (κ1) is 19.1. The van der Waals surface area contributed by atoms with Gasteiger partial charge in [0.25, 0.3) is 5.91 Å². The summed E-state index contributed by atoms with van der Waals surface area (Å²) in [6.45, 7) is 4.95. The van der Waals surface area contributed by atoms with E-state index >= 15 is 0 Å². The van der Waals surface area contributed by atoms with Crippen LogP contribution in [-0.2, 0) is 25.8 Å². The number of hydrogen-bond donors (Lipinski definition) is 1. The van der Waals surface area contributed by atoms with Gasteiger partial charge in [-0.05, 0) is 36.4 Å². The van der Waals surface area contributed by atoms with Crippen LogP contribution >= 0.6 is 11.8 Å². The maximum absolute atomic E-state index is 13.8. The molecule has 0 fully saturated rings. The third-order valence-electron chi connectivity index (χ3n) is 4.72. The molecule has 9 heteroatoms. The molecule has 8 nitrogen and oxygen atoms in total. The summed E-state index contributed by atoms with van der Waals surface area (Å²) in [4.78, 5) is 42.1. The van der Waals surface area contributed by atoms with Gasteiger partial charge < -0.3 is 10.2 Å². The Balaban J connectivity index is 1.83. The molecule has 29 heavy (non-hydrogen) atoms. The molecule has 0 saturated heterocycles. The van der Waals surface area contributed by atoms with Gasteiger partial charge >= 0.3 is 0 Å². The van der Waals surface area contributed by atoms with Gasteiger partial charge in [-0.1, -0.05) is 23.8 Å². The molecule has 2 aromatic rings. The number of rotatable bonds is 2. The molecule has 148 valence electrons. The van der Waals surface area contributed by atoms with Crippen LogP contribution in [0.15, 0.2) is 47.8 Å². The number of carbonyl (C=O) groups is 3. The van der Waals surface area contributed by atoms with E-state index in [4.69, 9.17) is 0 Å². The topological polar surface area (TPSA) is 95.0 Å². The number of amidine groups is 1. The number of pyridine rings is 1. The van der Waals surface area contributed by atoms with Crippen molar-refractivity contribution in [3.63, 3.8) is 0 Å². The van der Waals surface area contributed by atoms with E-state index in [0.717, 1.165) is 22.9 Å². The number of amides is 3. The number of nitrogens with zero attached hydrogens (tertiary/aromatic N) is 4. The van der Waals surface area contributed by atoms with E-state index in [1.807, 2.05) is 37.3 Å². The van der Waals surface area contributed by atoms with Crippen LogP contribution in [0.2, 0.25) is 0 Å². The molecule has 1 spiro atoms. The molecule has 0 radical (unpaired) electrons. The van der Waals surface area contributed by atoms with E-state index in [-0.39, 0.29) is 22.9 Å². The lowest BCUT2D eigenvalue weighted by atomic mass is 10.0. The zero-order valence-corrected chi connectivity index (χ0v) is 17.0. The summed E-state index contributed by atoms with van der Waals surface area (Å²) < 4.78 is 0. The lowest BCUT2D eigenvalue weighted by molar-refractivity contribution is -0.139. The van der Waals surface area contributed by atoms with E-state index in [0.29, 0.717) is 17.8 Å². The minimum absolute atomic E-state index is 0.219. The average molecular weight is 409 g/mol. The van der Waals surface area contributed by atoms with Crippen molar-refractivity contribution in [2.24, 2.45) is 5.10 Å². The van der Waals surface area contributed by atoms with Crippen molar-refractivity contribution in [1.29, 1.82) is 0 Å². The summed E-state index contributed by atoms with van der Waals surface area (Å²) in [5.74, 6) is -0.993. The van der Waals surface area contributed by atoms with Crippen LogP contribution in [-0.4, -0.2) is 32.9 Å². The molecule has 1 aromatic carbocycles. The van der Waals surface area contributed by atoms with Gasteiger partial charge in [0.05, 0.1) is 12.2 Å². The second-order valence-corrected chi connectivity index (χ2v) is 8.12. The molecule has 1 N–H and O–H groups in total. The summed E-state index contributed by atoms with van der Waals surface area (Å²) in [7, 11) is 0. The summed E-state index contributed by atoms with van der Waals surface area (Å²) in [5.41, 5.74) is 3.21. The number of hydrazone groups is 1. The molecule has 4 rings (SSSR count). The highest BCUT2D eigenvalue weighted by Crippen LogP contribution is 2.54. The zero-order valence-electron chi connectivity index (χ0n) is 16.2. The number of hydrogen-bond acceptors (Lipinski definition) is 6. The minimum atomic E-state index is -1.38. The third-order valence-corrected chi connectivity index (χ3v) is 5.96. The lowest BCUT2D eigenvalue weighted by Crippen LogP contribution is -2.48. The lowest BCUT2D eigenvalue weighted by Gasteiger charge is -2.29. The van der Waals surface area contributed by atoms with Crippen LogP contribution in [0.4, 0.5) is 5.69 Å². The van der Waals surface area contributed by atoms with Gasteiger partial charge in [-0.25, -0.2) is 0 Å². The molecular weight excluding hydrogens is 390 g/mol. The predicted octanol–water partition coefficient (Wildman–Crippen LogP) is 2.09. The van der Waals surface area contributed by atoms with Crippen molar-refractivity contribution in [2.45, 2.75) is 32.2 Å². The molecule has 0 bridgehead atoms. The fourth-order valence-corrected chi connectivity index (χ4v) is 4.88. The summed E-state index contributed by atoms with van der Waals surface area (Å²) in [5, 5.41) is 8.26. The Morgan fingerprint density at radius 2 is 2.03 bits per heavy atom. The molecule has 2 aliphatic rings. The van der Waals surface area contributed by atoms with Crippen LogP contribution in [0.5, 0.6) is 0 Å². The summed E-state index contributed by atoms with van der Waals surface area (Å²) in [6, 6.07) is 9.40. The SMILES string of the molecule is CC(=O)NC1=NN(C(C)=O)[C@]2(S1)C(=O)N(Cc1cccnc1)c1ccc(C)cc12. The van der Waals surface area contributed by atoms with Crippen LogP contribution in [0.25, 0.3) is 0 Å². The van der Waals surface area contributed by atoms with Crippen molar-refractivity contribution in [3.05, 3.63) is 59.4 Å². The number of carbonyl (C=O) groups excluding carboxylic acids is 3. The molecule has 3 heterocycles. The Morgan fingerprint density at radius 3 is 2.69 bits per heavy atom. The second kappa shape index (κ2) is 7.00. The zero-order chi connectivity index (χ0) is 20.8. The van der Waals surface area contributed by atoms with E-state index in [2.05, 4.69) is 15.4 Å². The average Bonchev–Trinajstić information content (AvgIpc) is 3.15. The van der Waals surface area contributed by atoms with Gasteiger partial charge in [-0.2, -0.15) is 5.01 Å². The Kier molecular flexibility index (Phi) is 4.62. The normalized spacial score (nSPS) is 20.1. The minimum Gasteiger partial charge on any atom is -0.304 e. The predicted molar refractivity (Wildman–Crippen MR) is 110 cm³/mol. The third kappa shape index (κ3) is 3.07. The van der Waals surface area contributed by atoms with Crippen LogP contribution in [0.3, 0.4) is 0 Å². The van der Waals surface area contributed by atoms with Gasteiger partial charge in [-0.3, -0.25) is 19.4 Å². The van der Waals surface area contributed by atoms with Crippen molar-refractivity contribution in [1.82, 2.24) is 15.3 Å². The Labute approximate surface area is 172 Å². The van der Waals surface area contributed by atoms with Crippen LogP contribution in [0.1, 0.15) is 30.5 Å². The highest BCUT2D eigenvalue weighted by atomic mass is 32.2. The second-order valence-electron chi connectivity index (χ2n) is 6.94. The van der Waals surface area contributed by atoms with Crippen molar-refractivity contribution in [3.8, 4) is 0 Å². The van der Waals surface area contributed by atoms with Crippen molar-refractivity contribution < 1.29 is 14.4 Å². The molecule has 2 aliphatic heterocycles. The number of fused-ring (bicyclic) bond motifs is 2. The number of nitrogens with one attached hydrogen (secondary N) is 1. The highest BCUT2D eigenvalue weighted by Gasteiger charge is 2.61. The Hall–Kier alpha value is -3.20. The largest absolute Gasteiger partial charge is 0.304 e. The molecule has 3 amide bonds. The Bertz CT molecular complexity index is 1060. The fraction of sp³-hybridized carbons (Fsp3) is 0.250. The van der Waals surface area contributed by atoms with E-state index in [1.54, 1.807) is 17.3 Å². The maximum Gasteiger partial charge on any atom is 0.271 e. The van der Waals surface area contributed by atoms with E-state index < -0.39 is 4.87 Å². The first-order valence-corrected chi connectivity index (χ1v) is 9.82. The highest BCUT2D eigenvalue weighted by molar-refractivity contribution is 8.15. The number of aromatic nitrogens is 1. The van der Waals surface area contributed by atoms with Gasteiger partial charge in [-0.15, -0.1) is 5.10 Å². The molecule has 0 unspecified atom stereocenters. The van der Waals surface area contributed by atoms with Crippen LogP contribution in [0, 0.1) is 6.92 Å². The number of benzene rings is 1. The molecule has 1 atom stereocenters. The number of aryl methyl sites for hydroxylation is 1. The molecule has 1 aromatic heterocycles.